The van der Waals surface area contributed by atoms with Gasteiger partial charge in [-0.2, -0.15) is 0 Å². The number of fused-ring (bicyclic) bond motifs is 2. The highest BCUT2D eigenvalue weighted by Gasteiger charge is 2.24. The van der Waals surface area contributed by atoms with Crippen LogP contribution < -0.4 is 5.32 Å². The van der Waals surface area contributed by atoms with Crippen molar-refractivity contribution in [1.29, 1.82) is 0 Å². The van der Waals surface area contributed by atoms with Crippen LogP contribution in [0.3, 0.4) is 0 Å². The summed E-state index contributed by atoms with van der Waals surface area (Å²) in [5.74, 6) is 0.855. The quantitative estimate of drug-likeness (QED) is 0.623. The van der Waals surface area contributed by atoms with Crippen molar-refractivity contribution in [3.63, 3.8) is 0 Å². The number of hydrogen-bond donors (Lipinski definition) is 1. The first-order valence-electron chi connectivity index (χ1n) is 11.8. The Kier molecular flexibility index (Phi) is 6.08. The lowest BCUT2D eigenvalue weighted by Gasteiger charge is -2.29. The van der Waals surface area contributed by atoms with Gasteiger partial charge in [0.25, 0.3) is 5.91 Å². The maximum atomic E-state index is 14.8. The van der Waals surface area contributed by atoms with Crippen LogP contribution in [0, 0.1) is 5.82 Å². The Labute approximate surface area is 197 Å². The third-order valence-corrected chi connectivity index (χ3v) is 6.44. The van der Waals surface area contributed by atoms with Crippen molar-refractivity contribution < 1.29 is 14.0 Å². The van der Waals surface area contributed by atoms with Crippen LogP contribution in [0.15, 0.2) is 30.3 Å². The summed E-state index contributed by atoms with van der Waals surface area (Å²) in [6.45, 7) is 3.77. The Morgan fingerprint density at radius 1 is 1.09 bits per heavy atom. The molecule has 0 fully saturated rings. The van der Waals surface area contributed by atoms with Crippen LogP contribution in [0.25, 0.3) is 11.5 Å². The maximum absolute atomic E-state index is 14.8. The van der Waals surface area contributed by atoms with E-state index in [-0.39, 0.29) is 11.5 Å². The zero-order valence-electron chi connectivity index (χ0n) is 19.2. The first-order valence-corrected chi connectivity index (χ1v) is 11.8. The molecule has 0 saturated heterocycles. The summed E-state index contributed by atoms with van der Waals surface area (Å²) in [6, 6.07) is 8.24. The number of amides is 2. The molecule has 0 bridgehead atoms. The molecule has 0 unspecified atom stereocenters. The molecule has 176 valence electrons. The molecule has 0 radical (unpaired) electrons. The molecule has 0 atom stereocenters. The smallest absolute Gasteiger partial charge is 0.259 e. The fourth-order valence-electron chi connectivity index (χ4n) is 4.65. The van der Waals surface area contributed by atoms with Crippen LogP contribution in [0.4, 0.5) is 10.2 Å². The number of hydrogen-bond acceptors (Lipinski definition) is 5. The van der Waals surface area contributed by atoms with Crippen molar-refractivity contribution >= 4 is 17.6 Å². The van der Waals surface area contributed by atoms with Gasteiger partial charge < -0.3 is 14.8 Å². The Bertz CT molecular complexity index is 1250. The number of pyridine rings is 1. The summed E-state index contributed by atoms with van der Waals surface area (Å²) in [7, 11) is 0. The van der Waals surface area contributed by atoms with Crippen molar-refractivity contribution in [3.8, 4) is 11.5 Å². The molecule has 9 heteroatoms. The zero-order chi connectivity index (χ0) is 23.7. The van der Waals surface area contributed by atoms with Gasteiger partial charge in [0.1, 0.15) is 23.2 Å². The van der Waals surface area contributed by atoms with E-state index in [9.17, 15) is 14.0 Å². The predicted octanol–water partition coefficient (Wildman–Crippen LogP) is 3.75. The zero-order valence-corrected chi connectivity index (χ0v) is 19.2. The minimum Gasteiger partial charge on any atom is -0.338 e. The second-order valence-electron chi connectivity index (χ2n) is 8.83. The summed E-state index contributed by atoms with van der Waals surface area (Å²) in [5, 5.41) is 11.3. The number of nitrogens with one attached hydrogen (secondary N) is 1. The van der Waals surface area contributed by atoms with Crippen LogP contribution in [0.5, 0.6) is 0 Å². The molecule has 0 aliphatic carbocycles. The van der Waals surface area contributed by atoms with E-state index in [4.69, 9.17) is 0 Å². The number of carbonyl (C=O) groups is 2. The standard InChI is InChI=1S/C25H27FN6O2/c1-2-6-23(33)31-12-10-16-14-19(26)18(13-17(16)15-31)25(34)28-21-8-5-7-20(27-21)24-30-29-22-9-3-4-11-32(22)24/h5,7-8,13-14H,2-4,6,9-12,15H2,1H3,(H,27,28,34). The van der Waals surface area contributed by atoms with E-state index < -0.39 is 11.7 Å². The summed E-state index contributed by atoms with van der Waals surface area (Å²) in [6.07, 6.45) is 4.90. The highest BCUT2D eigenvalue weighted by Crippen LogP contribution is 2.25. The van der Waals surface area contributed by atoms with E-state index >= 15 is 0 Å². The fraction of sp³-hybridized carbons (Fsp3) is 0.400. The molecule has 2 amide bonds. The van der Waals surface area contributed by atoms with E-state index in [1.807, 2.05) is 13.0 Å². The summed E-state index contributed by atoms with van der Waals surface area (Å²) in [4.78, 5) is 31.6. The third kappa shape index (κ3) is 4.30. The normalized spacial score (nSPS) is 14.9. The van der Waals surface area contributed by atoms with Gasteiger partial charge in [0, 0.05) is 32.5 Å². The average molecular weight is 463 g/mol. The number of rotatable bonds is 5. The number of nitrogens with zero attached hydrogens (tertiary/aromatic N) is 5. The minimum absolute atomic E-state index is 0.0596. The van der Waals surface area contributed by atoms with Gasteiger partial charge in [-0.25, -0.2) is 9.37 Å². The molecule has 4 heterocycles. The van der Waals surface area contributed by atoms with Crippen molar-refractivity contribution in [1.82, 2.24) is 24.6 Å². The highest BCUT2D eigenvalue weighted by molar-refractivity contribution is 6.04. The SMILES string of the molecule is CCCC(=O)N1CCc2cc(F)c(C(=O)Nc3cccc(-c4nnc5n4CCCC5)n3)cc2C1. The summed E-state index contributed by atoms with van der Waals surface area (Å²) < 4.78 is 16.9. The predicted molar refractivity (Wildman–Crippen MR) is 125 cm³/mol. The minimum atomic E-state index is -0.578. The number of aromatic nitrogens is 4. The molecule has 1 aromatic carbocycles. The number of aryl methyl sites for hydroxylation is 1. The van der Waals surface area contributed by atoms with Crippen LogP contribution >= 0.6 is 0 Å². The number of carbonyl (C=O) groups excluding carboxylic acids is 2. The van der Waals surface area contributed by atoms with Gasteiger partial charge in [-0.05, 0) is 61.1 Å². The van der Waals surface area contributed by atoms with Crippen LogP contribution in [0.2, 0.25) is 0 Å². The first-order chi connectivity index (χ1) is 16.5. The Hall–Kier alpha value is -3.62. The molecule has 0 saturated carbocycles. The Morgan fingerprint density at radius 2 is 1.97 bits per heavy atom. The fourth-order valence-corrected chi connectivity index (χ4v) is 4.65. The molecule has 5 rings (SSSR count). The topological polar surface area (TPSA) is 93.0 Å². The molecule has 1 N–H and O–H groups in total. The van der Waals surface area contributed by atoms with Crippen molar-refractivity contribution in [2.45, 2.75) is 58.5 Å². The Morgan fingerprint density at radius 3 is 2.82 bits per heavy atom. The molecule has 0 spiro atoms. The van der Waals surface area contributed by atoms with Crippen molar-refractivity contribution in [3.05, 3.63) is 58.7 Å². The van der Waals surface area contributed by atoms with Gasteiger partial charge in [-0.3, -0.25) is 9.59 Å². The lowest BCUT2D eigenvalue weighted by Crippen LogP contribution is -2.36. The second-order valence-corrected chi connectivity index (χ2v) is 8.83. The third-order valence-electron chi connectivity index (χ3n) is 6.44. The van der Waals surface area contributed by atoms with Crippen molar-refractivity contribution in [2.75, 3.05) is 11.9 Å². The van der Waals surface area contributed by atoms with Gasteiger partial charge in [-0.1, -0.05) is 13.0 Å². The molecule has 3 aromatic rings. The lowest BCUT2D eigenvalue weighted by atomic mass is 9.96. The Balaban J connectivity index is 1.36. The first kappa shape index (κ1) is 22.2. The summed E-state index contributed by atoms with van der Waals surface area (Å²) in [5.41, 5.74) is 2.19. The van der Waals surface area contributed by atoms with Crippen LogP contribution in [0.1, 0.15) is 59.9 Å². The number of halogens is 1. The molecule has 2 aliphatic rings. The van der Waals surface area contributed by atoms with Gasteiger partial charge >= 0.3 is 0 Å². The van der Waals surface area contributed by atoms with Gasteiger partial charge in [0.2, 0.25) is 5.91 Å². The molecular formula is C25H27FN6O2. The van der Waals surface area contributed by atoms with Crippen LogP contribution in [-0.2, 0) is 30.7 Å². The summed E-state index contributed by atoms with van der Waals surface area (Å²) >= 11 is 0. The number of anilines is 1. The van der Waals surface area contributed by atoms with E-state index in [0.717, 1.165) is 49.2 Å². The lowest BCUT2D eigenvalue weighted by molar-refractivity contribution is -0.132. The average Bonchev–Trinajstić information content (AvgIpc) is 3.28. The highest BCUT2D eigenvalue weighted by atomic mass is 19.1. The monoisotopic (exact) mass is 462 g/mol. The largest absolute Gasteiger partial charge is 0.338 e. The molecule has 8 nitrogen and oxygen atoms in total. The second kappa shape index (κ2) is 9.32. The molecule has 2 aliphatic heterocycles. The maximum Gasteiger partial charge on any atom is 0.259 e. The molecular weight excluding hydrogens is 435 g/mol. The number of benzene rings is 1. The van der Waals surface area contributed by atoms with E-state index in [0.29, 0.717) is 43.3 Å². The van der Waals surface area contributed by atoms with E-state index in [2.05, 4.69) is 25.1 Å². The van der Waals surface area contributed by atoms with E-state index in [1.54, 1.807) is 23.1 Å². The molecule has 34 heavy (non-hydrogen) atoms. The van der Waals surface area contributed by atoms with Gasteiger partial charge in [0.15, 0.2) is 5.82 Å². The van der Waals surface area contributed by atoms with Crippen LogP contribution in [-0.4, -0.2) is 43.0 Å². The van der Waals surface area contributed by atoms with Gasteiger partial charge in [0.05, 0.1) is 5.56 Å². The van der Waals surface area contributed by atoms with E-state index in [1.165, 1.54) is 6.07 Å². The molecule has 2 aromatic heterocycles. The van der Waals surface area contributed by atoms with Gasteiger partial charge in [-0.15, -0.1) is 10.2 Å². The van der Waals surface area contributed by atoms with Crippen molar-refractivity contribution in [2.24, 2.45) is 0 Å².